The van der Waals surface area contributed by atoms with E-state index < -0.39 is 0 Å². The zero-order valence-corrected chi connectivity index (χ0v) is 17.2. The van der Waals surface area contributed by atoms with Gasteiger partial charge in [-0.2, -0.15) is 0 Å². The molecule has 0 saturated carbocycles. The highest BCUT2D eigenvalue weighted by molar-refractivity contribution is 7.12. The van der Waals surface area contributed by atoms with E-state index in [-0.39, 0.29) is 11.8 Å². The van der Waals surface area contributed by atoms with Crippen LogP contribution in [0.3, 0.4) is 0 Å². The van der Waals surface area contributed by atoms with E-state index in [9.17, 15) is 9.59 Å². The van der Waals surface area contributed by atoms with Crippen LogP contribution < -0.4 is 5.32 Å². The van der Waals surface area contributed by atoms with Gasteiger partial charge in [-0.1, -0.05) is 48.5 Å². The molecule has 0 aliphatic carbocycles. The fraction of sp³-hybridized carbons (Fsp3) is 0.304. The van der Waals surface area contributed by atoms with Gasteiger partial charge in [-0.3, -0.25) is 14.5 Å². The second kappa shape index (κ2) is 9.20. The van der Waals surface area contributed by atoms with Crippen LogP contribution in [0.4, 0.5) is 0 Å². The van der Waals surface area contributed by atoms with Crippen LogP contribution >= 0.6 is 11.3 Å². The first-order valence-electron chi connectivity index (χ1n) is 9.99. The van der Waals surface area contributed by atoms with Crippen LogP contribution in [0.15, 0.2) is 60.0 Å². The molecule has 0 unspecified atom stereocenters. The van der Waals surface area contributed by atoms with Crippen molar-refractivity contribution in [2.45, 2.75) is 6.42 Å². The molecular formula is C23H25N3O2S. The van der Waals surface area contributed by atoms with Crippen molar-refractivity contribution in [1.29, 1.82) is 0 Å². The summed E-state index contributed by atoms with van der Waals surface area (Å²) in [4.78, 5) is 29.8. The quantitative estimate of drug-likeness (QED) is 0.683. The predicted molar refractivity (Wildman–Crippen MR) is 117 cm³/mol. The summed E-state index contributed by atoms with van der Waals surface area (Å²) >= 11 is 1.45. The maximum Gasteiger partial charge on any atom is 0.261 e. The van der Waals surface area contributed by atoms with Gasteiger partial charge in [-0.25, -0.2) is 0 Å². The number of rotatable bonds is 6. The lowest BCUT2D eigenvalue weighted by Crippen LogP contribution is -2.50. The van der Waals surface area contributed by atoms with Crippen LogP contribution in [0.1, 0.15) is 15.2 Å². The standard InChI is InChI=1S/C23H25N3O2S/c27-22(17-19-7-3-6-18-5-1-2-8-20(18)19)26-14-12-25(13-15-26)11-10-24-23(28)21-9-4-16-29-21/h1-9,16H,10-15,17H2,(H,24,28). The topological polar surface area (TPSA) is 52.7 Å². The molecule has 4 rings (SSSR count). The maximum absolute atomic E-state index is 12.8. The van der Waals surface area contributed by atoms with Crippen molar-refractivity contribution in [3.05, 3.63) is 70.4 Å². The molecule has 1 aliphatic rings. The minimum absolute atomic E-state index is 0.0103. The van der Waals surface area contributed by atoms with Crippen molar-refractivity contribution in [1.82, 2.24) is 15.1 Å². The van der Waals surface area contributed by atoms with Crippen LogP contribution in [0.2, 0.25) is 0 Å². The third kappa shape index (κ3) is 4.83. The van der Waals surface area contributed by atoms with Crippen molar-refractivity contribution in [3.8, 4) is 0 Å². The summed E-state index contributed by atoms with van der Waals surface area (Å²) in [7, 11) is 0. The summed E-state index contributed by atoms with van der Waals surface area (Å²) in [6.45, 7) is 4.60. The van der Waals surface area contributed by atoms with Gasteiger partial charge in [-0.05, 0) is 27.8 Å². The first-order chi connectivity index (χ1) is 14.2. The number of benzene rings is 2. The monoisotopic (exact) mass is 407 g/mol. The molecule has 2 aromatic carbocycles. The number of nitrogens with zero attached hydrogens (tertiary/aromatic N) is 2. The second-order valence-electron chi connectivity index (χ2n) is 7.27. The van der Waals surface area contributed by atoms with Gasteiger partial charge in [-0.15, -0.1) is 11.3 Å². The van der Waals surface area contributed by atoms with E-state index in [0.29, 0.717) is 13.0 Å². The molecule has 150 valence electrons. The van der Waals surface area contributed by atoms with Gasteiger partial charge in [0.1, 0.15) is 0 Å². The molecule has 2 amide bonds. The number of nitrogens with one attached hydrogen (secondary N) is 1. The Morgan fingerprint density at radius 1 is 0.931 bits per heavy atom. The highest BCUT2D eigenvalue weighted by Crippen LogP contribution is 2.19. The maximum atomic E-state index is 12.8. The summed E-state index contributed by atoms with van der Waals surface area (Å²) in [5.74, 6) is 0.177. The second-order valence-corrected chi connectivity index (χ2v) is 8.22. The lowest BCUT2D eigenvalue weighted by atomic mass is 10.0. The number of amides is 2. The Bertz CT molecular complexity index is 973. The number of carbonyl (C=O) groups is 2. The molecule has 2 heterocycles. The Balaban J connectivity index is 1.24. The number of hydrogen-bond donors (Lipinski definition) is 1. The molecule has 6 heteroatoms. The number of carbonyl (C=O) groups excluding carboxylic acids is 2. The molecule has 0 radical (unpaired) electrons. The van der Waals surface area contributed by atoms with Gasteiger partial charge in [0.25, 0.3) is 5.91 Å². The lowest BCUT2D eigenvalue weighted by Gasteiger charge is -2.34. The van der Waals surface area contributed by atoms with E-state index in [1.54, 1.807) is 0 Å². The molecule has 5 nitrogen and oxygen atoms in total. The van der Waals surface area contributed by atoms with Crippen molar-refractivity contribution in [2.75, 3.05) is 39.3 Å². The third-order valence-corrected chi connectivity index (χ3v) is 6.27. The Labute approximate surface area is 174 Å². The van der Waals surface area contributed by atoms with Gasteiger partial charge < -0.3 is 10.2 Å². The molecule has 0 spiro atoms. The Morgan fingerprint density at radius 2 is 1.72 bits per heavy atom. The van der Waals surface area contributed by atoms with E-state index in [1.165, 1.54) is 16.7 Å². The first kappa shape index (κ1) is 19.6. The average Bonchev–Trinajstić information content (AvgIpc) is 3.29. The largest absolute Gasteiger partial charge is 0.350 e. The van der Waals surface area contributed by atoms with Gasteiger partial charge in [0.05, 0.1) is 11.3 Å². The van der Waals surface area contributed by atoms with Crippen LogP contribution in [0.5, 0.6) is 0 Å². The predicted octanol–water partition coefficient (Wildman–Crippen LogP) is 3.02. The van der Waals surface area contributed by atoms with Crippen LogP contribution in [-0.2, 0) is 11.2 Å². The normalized spacial score (nSPS) is 14.8. The molecule has 1 aliphatic heterocycles. The van der Waals surface area contributed by atoms with Crippen LogP contribution in [-0.4, -0.2) is 60.9 Å². The third-order valence-electron chi connectivity index (χ3n) is 5.41. The van der Waals surface area contributed by atoms with E-state index in [1.807, 2.05) is 46.7 Å². The Hall–Kier alpha value is -2.70. The van der Waals surface area contributed by atoms with Crippen molar-refractivity contribution in [3.63, 3.8) is 0 Å². The zero-order chi connectivity index (χ0) is 20.1. The van der Waals surface area contributed by atoms with Crippen molar-refractivity contribution in [2.24, 2.45) is 0 Å². The summed E-state index contributed by atoms with van der Waals surface area (Å²) in [6, 6.07) is 18.1. The zero-order valence-electron chi connectivity index (χ0n) is 16.3. The molecule has 1 N–H and O–H groups in total. The Morgan fingerprint density at radius 3 is 2.52 bits per heavy atom. The van der Waals surface area contributed by atoms with Gasteiger partial charge >= 0.3 is 0 Å². The van der Waals surface area contributed by atoms with E-state index >= 15 is 0 Å². The highest BCUT2D eigenvalue weighted by atomic mass is 32.1. The molecular weight excluding hydrogens is 382 g/mol. The number of hydrogen-bond acceptors (Lipinski definition) is 4. The van der Waals surface area contributed by atoms with Crippen LogP contribution in [0, 0.1) is 0 Å². The number of piperazine rings is 1. The fourth-order valence-electron chi connectivity index (χ4n) is 3.76. The average molecular weight is 408 g/mol. The Kier molecular flexibility index (Phi) is 6.22. The summed E-state index contributed by atoms with van der Waals surface area (Å²) < 4.78 is 0. The summed E-state index contributed by atoms with van der Waals surface area (Å²) in [6.07, 6.45) is 0.443. The molecule has 1 saturated heterocycles. The number of fused-ring (bicyclic) bond motifs is 1. The van der Waals surface area contributed by atoms with Gasteiger partial charge in [0.2, 0.25) is 5.91 Å². The highest BCUT2D eigenvalue weighted by Gasteiger charge is 2.21. The molecule has 3 aromatic rings. The lowest BCUT2D eigenvalue weighted by molar-refractivity contribution is -0.132. The van der Waals surface area contributed by atoms with Gasteiger partial charge in [0.15, 0.2) is 0 Å². The SMILES string of the molecule is O=C(NCCN1CCN(C(=O)Cc2cccc3ccccc23)CC1)c1cccs1. The summed E-state index contributed by atoms with van der Waals surface area (Å²) in [5, 5.41) is 7.20. The molecule has 1 aromatic heterocycles. The van der Waals surface area contributed by atoms with Crippen molar-refractivity contribution >= 4 is 33.9 Å². The molecule has 0 bridgehead atoms. The fourth-order valence-corrected chi connectivity index (χ4v) is 4.40. The minimum atomic E-state index is -0.0103. The first-order valence-corrected chi connectivity index (χ1v) is 10.9. The van der Waals surface area contributed by atoms with Crippen LogP contribution in [0.25, 0.3) is 10.8 Å². The molecule has 1 fully saturated rings. The molecule has 29 heavy (non-hydrogen) atoms. The smallest absolute Gasteiger partial charge is 0.261 e. The van der Waals surface area contributed by atoms with E-state index in [4.69, 9.17) is 0 Å². The minimum Gasteiger partial charge on any atom is -0.350 e. The number of thiophene rings is 1. The van der Waals surface area contributed by atoms with E-state index in [2.05, 4.69) is 28.4 Å². The van der Waals surface area contributed by atoms with Gasteiger partial charge in [0, 0.05) is 39.3 Å². The van der Waals surface area contributed by atoms with Crippen molar-refractivity contribution < 1.29 is 9.59 Å². The van der Waals surface area contributed by atoms with E-state index in [0.717, 1.165) is 48.6 Å². The molecule has 0 atom stereocenters. The summed E-state index contributed by atoms with van der Waals surface area (Å²) in [5.41, 5.74) is 1.09.